The highest BCUT2D eigenvalue weighted by Crippen LogP contribution is 2.27. The lowest BCUT2D eigenvalue weighted by molar-refractivity contribution is -0.122. The lowest BCUT2D eigenvalue weighted by Crippen LogP contribution is -2.56. The molecule has 16 heavy (non-hydrogen) atoms. The average molecular weight is 267 g/mol. The molecule has 1 aliphatic heterocycles. The van der Waals surface area contributed by atoms with Gasteiger partial charge in [-0.15, -0.1) is 24.2 Å². The highest BCUT2D eigenvalue weighted by atomic mass is 35.5. The van der Waals surface area contributed by atoms with Gasteiger partial charge >= 0.3 is 0 Å². The van der Waals surface area contributed by atoms with Crippen molar-refractivity contribution in [2.24, 2.45) is 11.7 Å². The number of halogens is 1. The maximum absolute atomic E-state index is 11.9. The minimum atomic E-state index is -0.264. The Morgan fingerprint density at radius 1 is 1.62 bits per heavy atom. The van der Waals surface area contributed by atoms with E-state index in [1.54, 1.807) is 11.8 Å². The lowest BCUT2D eigenvalue weighted by Gasteiger charge is -2.34. The van der Waals surface area contributed by atoms with E-state index in [1.807, 2.05) is 6.92 Å². The molecule has 1 saturated heterocycles. The first-order chi connectivity index (χ1) is 6.99. The fourth-order valence-electron chi connectivity index (χ4n) is 1.58. The van der Waals surface area contributed by atoms with Gasteiger partial charge in [-0.2, -0.15) is 0 Å². The van der Waals surface area contributed by atoms with Gasteiger partial charge in [-0.1, -0.05) is 13.8 Å². The third kappa shape index (κ3) is 3.82. The smallest absolute Gasteiger partial charge is 0.233 e. The number of carbonyl (C=O) groups excluding carboxylic acids is 1. The van der Waals surface area contributed by atoms with Gasteiger partial charge in [0.15, 0.2) is 0 Å². The van der Waals surface area contributed by atoms with Gasteiger partial charge in [-0.25, -0.2) is 0 Å². The van der Waals surface area contributed by atoms with E-state index in [0.717, 1.165) is 18.6 Å². The highest BCUT2D eigenvalue weighted by Gasteiger charge is 2.32. The first-order valence-corrected chi connectivity index (χ1v) is 6.68. The van der Waals surface area contributed by atoms with Crippen molar-refractivity contribution in [3.05, 3.63) is 0 Å². The van der Waals surface area contributed by atoms with E-state index in [4.69, 9.17) is 5.73 Å². The van der Waals surface area contributed by atoms with E-state index >= 15 is 0 Å². The Kier molecular flexibility index (Phi) is 6.75. The van der Waals surface area contributed by atoms with Crippen molar-refractivity contribution in [1.82, 2.24) is 5.32 Å². The first-order valence-electron chi connectivity index (χ1n) is 5.63. The largest absolute Gasteiger partial charge is 0.348 e. The summed E-state index contributed by atoms with van der Waals surface area (Å²) >= 11 is 1.76. The van der Waals surface area contributed by atoms with Crippen LogP contribution in [0.2, 0.25) is 0 Å². The van der Waals surface area contributed by atoms with Crippen molar-refractivity contribution in [3.8, 4) is 0 Å². The van der Waals surface area contributed by atoms with Gasteiger partial charge in [0.25, 0.3) is 0 Å². The van der Waals surface area contributed by atoms with Crippen LogP contribution in [-0.4, -0.2) is 29.0 Å². The summed E-state index contributed by atoms with van der Waals surface area (Å²) in [6, 6.07) is 0. The first kappa shape index (κ1) is 16.1. The maximum atomic E-state index is 11.9. The highest BCUT2D eigenvalue weighted by molar-refractivity contribution is 8.00. The van der Waals surface area contributed by atoms with Gasteiger partial charge in [0.1, 0.15) is 0 Å². The third-order valence-corrected chi connectivity index (χ3v) is 4.71. The Labute approximate surface area is 109 Å². The fraction of sp³-hybridized carbons (Fsp3) is 0.909. The summed E-state index contributed by atoms with van der Waals surface area (Å²) in [6.45, 7) is 6.70. The maximum Gasteiger partial charge on any atom is 0.233 e. The van der Waals surface area contributed by atoms with Crippen LogP contribution < -0.4 is 11.1 Å². The van der Waals surface area contributed by atoms with Gasteiger partial charge in [0, 0.05) is 6.54 Å². The molecule has 0 aliphatic carbocycles. The Hall–Kier alpha value is 0.0700. The monoisotopic (exact) mass is 266 g/mol. The number of nitrogens with two attached hydrogens (primary N) is 1. The molecule has 0 spiro atoms. The molecule has 3 N–H and O–H groups in total. The summed E-state index contributed by atoms with van der Waals surface area (Å²) in [7, 11) is 0. The molecule has 1 rings (SSSR count). The summed E-state index contributed by atoms with van der Waals surface area (Å²) in [5, 5.41) is 3.25. The van der Waals surface area contributed by atoms with Crippen LogP contribution in [0.15, 0.2) is 0 Å². The second-order valence-electron chi connectivity index (χ2n) is 4.77. The van der Waals surface area contributed by atoms with Crippen molar-refractivity contribution in [2.45, 2.75) is 44.4 Å². The molecule has 2 unspecified atom stereocenters. The molecule has 2 atom stereocenters. The summed E-state index contributed by atoms with van der Waals surface area (Å²) in [5.41, 5.74) is 5.47. The molecule has 0 saturated carbocycles. The van der Waals surface area contributed by atoms with Gasteiger partial charge in [-0.3, -0.25) is 4.79 Å². The Morgan fingerprint density at radius 3 is 2.62 bits per heavy atom. The average Bonchev–Trinajstić information content (AvgIpc) is 2.70. The predicted molar refractivity (Wildman–Crippen MR) is 73.2 cm³/mol. The number of rotatable bonds is 4. The number of thioether (sulfide) groups is 1. The van der Waals surface area contributed by atoms with Crippen LogP contribution in [0.25, 0.3) is 0 Å². The van der Waals surface area contributed by atoms with Crippen LogP contribution in [-0.2, 0) is 4.79 Å². The molecule has 1 fully saturated rings. The molecule has 5 heteroatoms. The SMILES string of the molecule is CC(C)C(C)(CN)NC(=O)C1CCCS1.Cl. The van der Waals surface area contributed by atoms with Crippen molar-refractivity contribution in [2.75, 3.05) is 12.3 Å². The zero-order valence-corrected chi connectivity index (χ0v) is 11.9. The minimum Gasteiger partial charge on any atom is -0.348 e. The molecule has 0 aromatic heterocycles. The Morgan fingerprint density at radius 2 is 2.25 bits per heavy atom. The molecule has 0 aromatic rings. The molecule has 3 nitrogen and oxygen atoms in total. The lowest BCUT2D eigenvalue weighted by atomic mass is 9.88. The predicted octanol–water partition coefficient (Wildman–Crippen LogP) is 1.79. The summed E-state index contributed by atoms with van der Waals surface area (Å²) in [6.07, 6.45) is 2.17. The van der Waals surface area contributed by atoms with E-state index in [9.17, 15) is 4.79 Å². The van der Waals surface area contributed by atoms with Gasteiger partial charge in [0.2, 0.25) is 5.91 Å². The van der Waals surface area contributed by atoms with Gasteiger partial charge in [-0.05, 0) is 31.4 Å². The second kappa shape index (κ2) is 6.72. The molecule has 1 amide bonds. The molecule has 1 aliphatic rings. The van der Waals surface area contributed by atoms with Gasteiger partial charge in [0.05, 0.1) is 10.8 Å². The van der Waals surface area contributed by atoms with Crippen molar-refractivity contribution in [3.63, 3.8) is 0 Å². The zero-order chi connectivity index (χ0) is 11.5. The summed E-state index contributed by atoms with van der Waals surface area (Å²) < 4.78 is 0. The van der Waals surface area contributed by atoms with Crippen LogP contribution in [0.3, 0.4) is 0 Å². The van der Waals surface area contributed by atoms with E-state index in [1.165, 1.54) is 0 Å². The van der Waals surface area contributed by atoms with E-state index in [0.29, 0.717) is 12.5 Å². The number of hydrogen-bond donors (Lipinski definition) is 2. The van der Waals surface area contributed by atoms with Crippen LogP contribution in [0, 0.1) is 5.92 Å². The van der Waals surface area contributed by atoms with Crippen LogP contribution >= 0.6 is 24.2 Å². The van der Waals surface area contributed by atoms with E-state index < -0.39 is 0 Å². The minimum absolute atomic E-state index is 0. The number of carbonyl (C=O) groups is 1. The zero-order valence-electron chi connectivity index (χ0n) is 10.3. The number of amides is 1. The topological polar surface area (TPSA) is 55.1 Å². The van der Waals surface area contributed by atoms with Crippen LogP contribution in [0.5, 0.6) is 0 Å². The molecular formula is C11H23ClN2OS. The standard InChI is InChI=1S/C11H22N2OS.ClH/c1-8(2)11(3,7-12)13-10(14)9-5-4-6-15-9;/h8-9H,4-7,12H2,1-3H3,(H,13,14);1H. The summed E-state index contributed by atoms with van der Waals surface area (Å²) in [4.78, 5) is 11.9. The third-order valence-electron chi connectivity index (χ3n) is 3.33. The number of nitrogens with one attached hydrogen (secondary N) is 1. The summed E-state index contributed by atoms with van der Waals surface area (Å²) in [5.74, 6) is 1.64. The molecule has 0 aromatic carbocycles. The molecule has 96 valence electrons. The molecule has 0 radical (unpaired) electrons. The Bertz CT molecular complexity index is 232. The van der Waals surface area contributed by atoms with Crippen LogP contribution in [0.4, 0.5) is 0 Å². The second-order valence-corrected chi connectivity index (χ2v) is 6.08. The fourth-order valence-corrected chi connectivity index (χ4v) is 2.74. The van der Waals surface area contributed by atoms with Crippen molar-refractivity contribution < 1.29 is 4.79 Å². The quantitative estimate of drug-likeness (QED) is 0.816. The van der Waals surface area contributed by atoms with E-state index in [-0.39, 0.29) is 29.1 Å². The van der Waals surface area contributed by atoms with Crippen molar-refractivity contribution >= 4 is 30.1 Å². The Balaban J connectivity index is 0.00000225. The normalized spacial score (nSPS) is 23.7. The van der Waals surface area contributed by atoms with Crippen molar-refractivity contribution in [1.29, 1.82) is 0 Å². The van der Waals surface area contributed by atoms with E-state index in [2.05, 4.69) is 19.2 Å². The number of hydrogen-bond acceptors (Lipinski definition) is 3. The molecule has 1 heterocycles. The molecular weight excluding hydrogens is 244 g/mol. The molecule has 0 bridgehead atoms. The van der Waals surface area contributed by atoms with Crippen LogP contribution in [0.1, 0.15) is 33.6 Å². The van der Waals surface area contributed by atoms with Gasteiger partial charge < -0.3 is 11.1 Å².